The van der Waals surface area contributed by atoms with Crippen molar-refractivity contribution in [1.29, 1.82) is 0 Å². The van der Waals surface area contributed by atoms with Crippen molar-refractivity contribution in [3.05, 3.63) is 34.0 Å². The number of hydrogen-bond donors (Lipinski definition) is 2. The zero-order valence-corrected chi connectivity index (χ0v) is 16.7. The van der Waals surface area contributed by atoms with Gasteiger partial charge in [-0.3, -0.25) is 4.79 Å². The van der Waals surface area contributed by atoms with Crippen molar-refractivity contribution in [3.8, 4) is 11.8 Å². The Morgan fingerprint density at radius 1 is 1.48 bits per heavy atom. The molecule has 3 atom stereocenters. The first-order valence-corrected chi connectivity index (χ1v) is 10.1. The lowest BCUT2D eigenvalue weighted by Crippen LogP contribution is -2.33. The molecule has 0 radical (unpaired) electrons. The highest BCUT2D eigenvalue weighted by molar-refractivity contribution is 7.13. The molecule has 146 valence electrons. The fourth-order valence-electron chi connectivity index (χ4n) is 3.11. The molecule has 2 rings (SSSR count). The van der Waals surface area contributed by atoms with Gasteiger partial charge in [0.05, 0.1) is 12.1 Å². The predicted octanol–water partition coefficient (Wildman–Crippen LogP) is 3.34. The third-order valence-electron chi connectivity index (χ3n) is 4.78. The minimum atomic E-state index is -0.899. The van der Waals surface area contributed by atoms with Crippen LogP contribution in [0.2, 0.25) is 0 Å². The first kappa shape index (κ1) is 21.2. The van der Waals surface area contributed by atoms with Crippen LogP contribution in [-0.4, -0.2) is 45.7 Å². The van der Waals surface area contributed by atoms with Gasteiger partial charge in [-0.25, -0.2) is 4.79 Å². The van der Waals surface area contributed by atoms with Crippen molar-refractivity contribution in [1.82, 2.24) is 4.90 Å². The maximum absolute atomic E-state index is 12.2. The smallest absolute Gasteiger partial charge is 0.345 e. The number of nitrogens with zero attached hydrogens (tertiary/aromatic N) is 1. The lowest BCUT2D eigenvalue weighted by Gasteiger charge is -2.23. The van der Waals surface area contributed by atoms with Gasteiger partial charge >= 0.3 is 5.97 Å². The summed E-state index contributed by atoms with van der Waals surface area (Å²) in [6.07, 6.45) is 6.67. The van der Waals surface area contributed by atoms with Crippen LogP contribution < -0.4 is 0 Å². The van der Waals surface area contributed by atoms with Gasteiger partial charge in [-0.2, -0.15) is 0 Å². The summed E-state index contributed by atoms with van der Waals surface area (Å²) >= 11 is 1.29. The van der Waals surface area contributed by atoms with E-state index in [1.807, 2.05) is 24.0 Å². The van der Waals surface area contributed by atoms with Crippen LogP contribution in [0.4, 0.5) is 0 Å². The number of carbonyl (C=O) groups is 2. The lowest BCUT2D eigenvalue weighted by atomic mass is 10.00. The molecular weight excluding hydrogens is 362 g/mol. The van der Waals surface area contributed by atoms with E-state index in [4.69, 9.17) is 5.11 Å². The van der Waals surface area contributed by atoms with E-state index < -0.39 is 12.1 Å². The Balaban J connectivity index is 1.86. The van der Waals surface area contributed by atoms with Crippen LogP contribution in [-0.2, 0) is 11.2 Å². The van der Waals surface area contributed by atoms with E-state index in [0.717, 1.165) is 24.1 Å². The number of aliphatic hydroxyl groups is 1. The van der Waals surface area contributed by atoms with E-state index >= 15 is 0 Å². The number of rotatable bonds is 9. The van der Waals surface area contributed by atoms with Gasteiger partial charge in [-0.15, -0.1) is 23.2 Å². The second-order valence-electron chi connectivity index (χ2n) is 6.85. The molecule has 1 fully saturated rings. The zero-order valence-electron chi connectivity index (χ0n) is 15.9. The van der Waals surface area contributed by atoms with Crippen LogP contribution in [0.25, 0.3) is 0 Å². The Morgan fingerprint density at radius 2 is 2.26 bits per heavy atom. The molecule has 0 unspecified atom stereocenters. The molecule has 0 aromatic carbocycles. The molecule has 0 aliphatic carbocycles. The largest absolute Gasteiger partial charge is 0.477 e. The summed E-state index contributed by atoms with van der Waals surface area (Å²) < 4.78 is 0. The van der Waals surface area contributed by atoms with Crippen molar-refractivity contribution in [3.63, 3.8) is 0 Å². The van der Waals surface area contributed by atoms with E-state index in [2.05, 4.69) is 11.8 Å². The molecular formula is C21H27NO4S. The SMILES string of the molecule is CC#CC[C@H](C)[C@H](O)C=C[C@H]1CCC(=O)N1CCCc1ccc(C(=O)O)s1. The third kappa shape index (κ3) is 6.23. The van der Waals surface area contributed by atoms with E-state index in [1.54, 1.807) is 19.1 Å². The Morgan fingerprint density at radius 3 is 2.93 bits per heavy atom. The number of aliphatic hydroxyl groups excluding tert-OH is 1. The predicted molar refractivity (Wildman–Crippen MR) is 107 cm³/mol. The van der Waals surface area contributed by atoms with Crippen molar-refractivity contribution < 1.29 is 19.8 Å². The van der Waals surface area contributed by atoms with Crippen LogP contribution in [0.3, 0.4) is 0 Å². The van der Waals surface area contributed by atoms with Crippen LogP contribution >= 0.6 is 11.3 Å². The number of amides is 1. The van der Waals surface area contributed by atoms with E-state index in [-0.39, 0.29) is 17.9 Å². The number of aryl methyl sites for hydroxylation is 1. The van der Waals surface area contributed by atoms with E-state index in [1.165, 1.54) is 11.3 Å². The van der Waals surface area contributed by atoms with Crippen molar-refractivity contribution in [2.24, 2.45) is 5.92 Å². The highest BCUT2D eigenvalue weighted by atomic mass is 32.1. The summed E-state index contributed by atoms with van der Waals surface area (Å²) in [5, 5.41) is 19.2. The first-order valence-electron chi connectivity index (χ1n) is 9.29. The molecule has 0 spiro atoms. The van der Waals surface area contributed by atoms with Gasteiger partial charge in [0.25, 0.3) is 0 Å². The summed E-state index contributed by atoms with van der Waals surface area (Å²) in [5.41, 5.74) is 0. The van der Waals surface area contributed by atoms with Gasteiger partial charge in [0.2, 0.25) is 5.91 Å². The minimum Gasteiger partial charge on any atom is -0.477 e. The average molecular weight is 390 g/mol. The third-order valence-corrected chi connectivity index (χ3v) is 5.92. The molecule has 1 aliphatic heterocycles. The van der Waals surface area contributed by atoms with Crippen LogP contribution in [0, 0.1) is 17.8 Å². The van der Waals surface area contributed by atoms with Gasteiger partial charge in [0.15, 0.2) is 0 Å². The lowest BCUT2D eigenvalue weighted by molar-refractivity contribution is -0.128. The second-order valence-corrected chi connectivity index (χ2v) is 8.02. The molecule has 2 N–H and O–H groups in total. The molecule has 27 heavy (non-hydrogen) atoms. The summed E-state index contributed by atoms with van der Waals surface area (Å²) in [4.78, 5) is 26.3. The molecule has 1 aromatic heterocycles. The quantitative estimate of drug-likeness (QED) is 0.502. The van der Waals surface area contributed by atoms with Gasteiger partial charge in [0, 0.05) is 24.3 Å². The zero-order chi connectivity index (χ0) is 19.8. The van der Waals surface area contributed by atoms with Crippen molar-refractivity contribution >= 4 is 23.2 Å². The fourth-order valence-corrected chi connectivity index (χ4v) is 4.00. The summed E-state index contributed by atoms with van der Waals surface area (Å²) in [6.45, 7) is 4.39. The van der Waals surface area contributed by atoms with E-state index in [9.17, 15) is 14.7 Å². The standard InChI is InChI=1S/C21H27NO4S/c1-3-4-6-15(2)18(23)11-8-16-9-13-20(24)22(16)14-5-7-17-10-12-19(27-17)21(25)26/h8,10-12,15-16,18,23H,5-7,9,13-14H2,1-2H3,(H,25,26)/t15-,16-,18+/m0/s1. The number of thiophene rings is 1. The number of hydrogen-bond acceptors (Lipinski definition) is 4. The monoisotopic (exact) mass is 389 g/mol. The molecule has 1 saturated heterocycles. The first-order chi connectivity index (χ1) is 12.9. The Bertz CT molecular complexity index is 743. The molecule has 0 saturated carbocycles. The Labute approximate surface area is 164 Å². The van der Waals surface area contributed by atoms with Crippen molar-refractivity contribution in [2.75, 3.05) is 6.54 Å². The van der Waals surface area contributed by atoms with Crippen LogP contribution in [0.1, 0.15) is 54.1 Å². The number of carbonyl (C=O) groups excluding carboxylic acids is 1. The minimum absolute atomic E-state index is 0.0227. The van der Waals surface area contributed by atoms with Crippen molar-refractivity contribution in [2.45, 2.75) is 58.1 Å². The molecule has 0 bridgehead atoms. The molecule has 1 aliphatic rings. The number of carboxylic acids is 1. The molecule has 5 nitrogen and oxygen atoms in total. The van der Waals surface area contributed by atoms with Crippen LogP contribution in [0.5, 0.6) is 0 Å². The Kier molecular flexibility index (Phi) is 8.08. The van der Waals surface area contributed by atoms with Gasteiger partial charge < -0.3 is 15.1 Å². The van der Waals surface area contributed by atoms with Gasteiger partial charge in [0.1, 0.15) is 4.88 Å². The summed E-state index contributed by atoms with van der Waals surface area (Å²) in [7, 11) is 0. The molecule has 1 aromatic rings. The highest BCUT2D eigenvalue weighted by Gasteiger charge is 2.28. The second kappa shape index (κ2) is 10.3. The topological polar surface area (TPSA) is 77.8 Å². The van der Waals surface area contributed by atoms with Gasteiger partial charge in [-0.05, 0) is 44.2 Å². The number of likely N-dealkylation sites (tertiary alicyclic amines) is 1. The molecule has 2 heterocycles. The maximum Gasteiger partial charge on any atom is 0.345 e. The fraction of sp³-hybridized carbons (Fsp3) is 0.524. The summed E-state index contributed by atoms with van der Waals surface area (Å²) in [5.74, 6) is 5.12. The number of carboxylic acid groups (broad SMARTS) is 1. The normalized spacial score (nSPS) is 19.1. The van der Waals surface area contributed by atoms with Crippen LogP contribution in [0.15, 0.2) is 24.3 Å². The van der Waals surface area contributed by atoms with E-state index in [0.29, 0.717) is 24.3 Å². The molecule has 1 amide bonds. The maximum atomic E-state index is 12.2. The van der Waals surface area contributed by atoms with Gasteiger partial charge in [-0.1, -0.05) is 19.1 Å². The Hall–Kier alpha value is -2.10. The molecule has 6 heteroatoms. The average Bonchev–Trinajstić information content (AvgIpc) is 3.25. The summed E-state index contributed by atoms with van der Waals surface area (Å²) in [6, 6.07) is 3.49. The highest BCUT2D eigenvalue weighted by Crippen LogP contribution is 2.23. The number of aromatic carboxylic acids is 1.